The molecule has 0 bridgehead atoms. The van der Waals surface area contributed by atoms with E-state index in [2.05, 4.69) is 23.9 Å². The van der Waals surface area contributed by atoms with Crippen LogP contribution in [-0.4, -0.2) is 56.2 Å². The molecule has 0 aromatic heterocycles. The van der Waals surface area contributed by atoms with E-state index in [1.807, 2.05) is 24.3 Å². The first kappa shape index (κ1) is 15.3. The van der Waals surface area contributed by atoms with Gasteiger partial charge in [0.05, 0.1) is 0 Å². The van der Waals surface area contributed by atoms with Crippen molar-refractivity contribution in [1.29, 1.82) is 0 Å². The number of piperidine rings is 1. The Balaban J connectivity index is 1.71. The van der Waals surface area contributed by atoms with E-state index in [0.29, 0.717) is 12.6 Å². The van der Waals surface area contributed by atoms with Crippen molar-refractivity contribution in [1.82, 2.24) is 9.80 Å². The zero-order chi connectivity index (χ0) is 14.4. The third kappa shape index (κ3) is 4.47. The molecule has 0 saturated carbocycles. The summed E-state index contributed by atoms with van der Waals surface area (Å²) in [7, 11) is 4.40. The summed E-state index contributed by atoms with van der Waals surface area (Å²) in [5.74, 6) is 0.927. The zero-order valence-electron chi connectivity index (χ0n) is 12.7. The van der Waals surface area contributed by atoms with Crippen molar-refractivity contribution in [3.8, 4) is 5.75 Å². The Morgan fingerprint density at radius 3 is 2.75 bits per heavy atom. The Bertz CT molecular complexity index is 393. The second-order valence-electron chi connectivity index (χ2n) is 5.74. The second-order valence-corrected chi connectivity index (χ2v) is 5.74. The third-order valence-electron chi connectivity index (χ3n) is 4.09. The van der Waals surface area contributed by atoms with Gasteiger partial charge >= 0.3 is 0 Å². The maximum Gasteiger partial charge on any atom is 0.119 e. The van der Waals surface area contributed by atoms with Gasteiger partial charge in [-0.3, -0.25) is 4.90 Å². The Hall–Kier alpha value is -1.10. The lowest BCUT2D eigenvalue weighted by molar-refractivity contribution is 0.119. The predicted molar refractivity (Wildman–Crippen MR) is 83.0 cm³/mol. The summed E-state index contributed by atoms with van der Waals surface area (Å²) in [6, 6.07) is 8.70. The standard InChI is InChI=1S/C16H27N3O/c1-18-9-3-4-15(13-18)19(2)10-11-20-16-7-5-14(12-17)6-8-16/h5-8,15H,3-4,9-13,17H2,1-2H3. The Morgan fingerprint density at radius 1 is 1.35 bits per heavy atom. The van der Waals surface area contributed by atoms with E-state index in [0.717, 1.165) is 24.5 Å². The van der Waals surface area contributed by atoms with Crippen LogP contribution in [0.2, 0.25) is 0 Å². The molecule has 1 aromatic carbocycles. The highest BCUT2D eigenvalue weighted by Gasteiger charge is 2.20. The first-order valence-electron chi connectivity index (χ1n) is 7.49. The molecule has 4 nitrogen and oxygen atoms in total. The molecule has 4 heteroatoms. The summed E-state index contributed by atoms with van der Waals surface area (Å²) < 4.78 is 5.80. The van der Waals surface area contributed by atoms with Crippen LogP contribution in [0.15, 0.2) is 24.3 Å². The first-order chi connectivity index (χ1) is 9.69. The van der Waals surface area contributed by atoms with Gasteiger partial charge < -0.3 is 15.4 Å². The number of hydrogen-bond donors (Lipinski definition) is 1. The lowest BCUT2D eigenvalue weighted by Gasteiger charge is -2.35. The van der Waals surface area contributed by atoms with E-state index in [1.165, 1.54) is 25.9 Å². The molecule has 1 fully saturated rings. The van der Waals surface area contributed by atoms with Crippen LogP contribution in [0.3, 0.4) is 0 Å². The zero-order valence-corrected chi connectivity index (χ0v) is 12.7. The van der Waals surface area contributed by atoms with Crippen LogP contribution in [0, 0.1) is 0 Å². The summed E-state index contributed by atoms with van der Waals surface area (Å²) in [6.07, 6.45) is 2.60. The molecule has 0 spiro atoms. The molecule has 1 atom stereocenters. The fraction of sp³-hybridized carbons (Fsp3) is 0.625. The second kappa shape index (κ2) is 7.62. The van der Waals surface area contributed by atoms with Crippen LogP contribution in [0.25, 0.3) is 0 Å². The average Bonchev–Trinajstić information content (AvgIpc) is 2.48. The van der Waals surface area contributed by atoms with Gasteiger partial charge in [-0.1, -0.05) is 12.1 Å². The molecule has 112 valence electrons. The quantitative estimate of drug-likeness (QED) is 0.856. The highest BCUT2D eigenvalue weighted by molar-refractivity contribution is 5.27. The molecule has 20 heavy (non-hydrogen) atoms. The van der Waals surface area contributed by atoms with Gasteiger partial charge in [-0.2, -0.15) is 0 Å². The van der Waals surface area contributed by atoms with Crippen LogP contribution >= 0.6 is 0 Å². The molecule has 1 aliphatic rings. The van der Waals surface area contributed by atoms with Gasteiger partial charge in [-0.25, -0.2) is 0 Å². The maximum absolute atomic E-state index is 5.80. The topological polar surface area (TPSA) is 41.7 Å². The molecule has 1 heterocycles. The Labute approximate surface area is 122 Å². The molecule has 0 radical (unpaired) electrons. The largest absolute Gasteiger partial charge is 0.492 e. The summed E-state index contributed by atoms with van der Waals surface area (Å²) in [4.78, 5) is 4.83. The molecule has 0 aliphatic carbocycles. The molecular formula is C16H27N3O. The maximum atomic E-state index is 5.80. The van der Waals surface area contributed by atoms with Crippen molar-refractivity contribution in [2.75, 3.05) is 40.3 Å². The van der Waals surface area contributed by atoms with E-state index in [1.54, 1.807) is 0 Å². The highest BCUT2D eigenvalue weighted by Crippen LogP contribution is 2.14. The number of likely N-dealkylation sites (N-methyl/N-ethyl adjacent to an activating group) is 2. The van der Waals surface area contributed by atoms with Crippen molar-refractivity contribution in [2.24, 2.45) is 5.73 Å². The summed E-state index contributed by atoms with van der Waals surface area (Å²) >= 11 is 0. The summed E-state index contributed by atoms with van der Waals surface area (Å²) in [5, 5.41) is 0. The normalized spacial score (nSPS) is 20.3. The smallest absolute Gasteiger partial charge is 0.119 e. The van der Waals surface area contributed by atoms with Gasteiger partial charge in [0.2, 0.25) is 0 Å². The van der Waals surface area contributed by atoms with Crippen LogP contribution in [0.5, 0.6) is 5.75 Å². The van der Waals surface area contributed by atoms with Crippen LogP contribution in [0.1, 0.15) is 18.4 Å². The lowest BCUT2D eigenvalue weighted by Crippen LogP contribution is -2.46. The van der Waals surface area contributed by atoms with Gasteiger partial charge in [-0.15, -0.1) is 0 Å². The number of hydrogen-bond acceptors (Lipinski definition) is 4. The molecule has 1 saturated heterocycles. The van der Waals surface area contributed by atoms with Crippen molar-refractivity contribution in [3.05, 3.63) is 29.8 Å². The molecule has 0 amide bonds. The number of likely N-dealkylation sites (tertiary alicyclic amines) is 1. The van der Waals surface area contributed by atoms with E-state index in [4.69, 9.17) is 10.5 Å². The molecule has 1 unspecified atom stereocenters. The van der Waals surface area contributed by atoms with Gasteiger partial charge in [0.25, 0.3) is 0 Å². The van der Waals surface area contributed by atoms with Crippen molar-refractivity contribution in [3.63, 3.8) is 0 Å². The van der Waals surface area contributed by atoms with Crippen LogP contribution in [-0.2, 0) is 6.54 Å². The van der Waals surface area contributed by atoms with Gasteiger partial charge in [0.1, 0.15) is 12.4 Å². The minimum absolute atomic E-state index is 0.582. The first-order valence-corrected chi connectivity index (χ1v) is 7.49. The number of nitrogens with two attached hydrogens (primary N) is 1. The number of nitrogens with zero attached hydrogens (tertiary/aromatic N) is 2. The molecular weight excluding hydrogens is 250 g/mol. The van der Waals surface area contributed by atoms with E-state index in [9.17, 15) is 0 Å². The predicted octanol–water partition coefficient (Wildman–Crippen LogP) is 1.55. The monoisotopic (exact) mass is 277 g/mol. The fourth-order valence-corrected chi connectivity index (χ4v) is 2.71. The van der Waals surface area contributed by atoms with Crippen molar-refractivity contribution in [2.45, 2.75) is 25.4 Å². The SMILES string of the molecule is CN1CCCC(N(C)CCOc2ccc(CN)cc2)C1. The summed E-state index contributed by atoms with van der Waals surface area (Å²) in [6.45, 7) is 4.68. The molecule has 2 N–H and O–H groups in total. The van der Waals surface area contributed by atoms with E-state index < -0.39 is 0 Å². The number of benzene rings is 1. The van der Waals surface area contributed by atoms with Crippen molar-refractivity contribution < 1.29 is 4.74 Å². The van der Waals surface area contributed by atoms with Crippen LogP contribution < -0.4 is 10.5 Å². The van der Waals surface area contributed by atoms with E-state index in [-0.39, 0.29) is 0 Å². The highest BCUT2D eigenvalue weighted by atomic mass is 16.5. The minimum Gasteiger partial charge on any atom is -0.492 e. The van der Waals surface area contributed by atoms with Gasteiger partial charge in [0, 0.05) is 25.7 Å². The van der Waals surface area contributed by atoms with Crippen molar-refractivity contribution >= 4 is 0 Å². The summed E-state index contributed by atoms with van der Waals surface area (Å²) in [5.41, 5.74) is 6.72. The minimum atomic E-state index is 0.582. The Kier molecular flexibility index (Phi) is 5.83. The number of rotatable bonds is 6. The fourth-order valence-electron chi connectivity index (χ4n) is 2.71. The average molecular weight is 277 g/mol. The van der Waals surface area contributed by atoms with Gasteiger partial charge in [-0.05, 0) is 51.2 Å². The van der Waals surface area contributed by atoms with E-state index >= 15 is 0 Å². The lowest BCUT2D eigenvalue weighted by atomic mass is 10.1. The Morgan fingerprint density at radius 2 is 2.10 bits per heavy atom. The number of ether oxygens (including phenoxy) is 1. The molecule has 1 aromatic rings. The van der Waals surface area contributed by atoms with Crippen LogP contribution in [0.4, 0.5) is 0 Å². The van der Waals surface area contributed by atoms with Gasteiger partial charge in [0.15, 0.2) is 0 Å². The third-order valence-corrected chi connectivity index (χ3v) is 4.09. The molecule has 1 aliphatic heterocycles. The molecule has 2 rings (SSSR count).